The lowest BCUT2D eigenvalue weighted by molar-refractivity contribution is -0.118. The summed E-state index contributed by atoms with van der Waals surface area (Å²) < 4.78 is 49.0. The lowest BCUT2D eigenvalue weighted by Gasteiger charge is -2.13. The Bertz CT molecular complexity index is 1260. The summed E-state index contributed by atoms with van der Waals surface area (Å²) in [7, 11) is -0.900. The highest BCUT2D eigenvalue weighted by Crippen LogP contribution is 2.35. The number of ether oxygens (including phenoxy) is 4. The van der Waals surface area contributed by atoms with Gasteiger partial charge in [0.05, 0.1) is 36.4 Å². The van der Waals surface area contributed by atoms with E-state index in [4.69, 9.17) is 30.5 Å². The molecule has 1 amide bonds. The zero-order valence-corrected chi connectivity index (χ0v) is 20.9. The summed E-state index contributed by atoms with van der Waals surface area (Å²) in [6.45, 7) is 2.07. The fourth-order valence-corrected chi connectivity index (χ4v) is 4.30. The maximum Gasteiger partial charge on any atom is 0.262 e. The van der Waals surface area contributed by atoms with Gasteiger partial charge in [-0.25, -0.2) is 8.42 Å². The van der Waals surface area contributed by atoms with Crippen molar-refractivity contribution in [3.63, 3.8) is 0 Å². The third kappa shape index (κ3) is 6.93. The van der Waals surface area contributed by atoms with Crippen LogP contribution < -0.4 is 29.0 Å². The number of carbonyl (C=O) groups excluding carboxylic acids is 1. The van der Waals surface area contributed by atoms with E-state index in [1.54, 1.807) is 24.3 Å². The first kappa shape index (κ1) is 26.0. The Morgan fingerprint density at radius 1 is 0.886 bits per heavy atom. The van der Waals surface area contributed by atoms with Gasteiger partial charge < -0.3 is 24.3 Å². The van der Waals surface area contributed by atoms with Crippen LogP contribution in [0.5, 0.6) is 23.0 Å². The molecule has 0 saturated heterocycles. The second kappa shape index (κ2) is 11.7. The molecule has 3 aromatic carbocycles. The predicted octanol–water partition coefficient (Wildman–Crippen LogP) is 4.57. The zero-order chi connectivity index (χ0) is 25.4. The van der Waals surface area contributed by atoms with Crippen LogP contribution in [-0.4, -0.2) is 41.8 Å². The molecule has 35 heavy (non-hydrogen) atoms. The molecule has 0 heterocycles. The number of hydrogen-bond donors (Lipinski definition) is 2. The molecule has 0 aromatic heterocycles. The van der Waals surface area contributed by atoms with Gasteiger partial charge in [0.2, 0.25) is 0 Å². The third-order valence-electron chi connectivity index (χ3n) is 4.67. The lowest BCUT2D eigenvalue weighted by Crippen LogP contribution is -2.20. The predicted molar refractivity (Wildman–Crippen MR) is 134 cm³/mol. The summed E-state index contributed by atoms with van der Waals surface area (Å²) >= 11 is 6.07. The Kier molecular flexibility index (Phi) is 8.67. The van der Waals surface area contributed by atoms with E-state index in [-0.39, 0.29) is 11.5 Å². The van der Waals surface area contributed by atoms with Gasteiger partial charge >= 0.3 is 0 Å². The molecule has 3 aromatic rings. The minimum atomic E-state index is -3.81. The van der Waals surface area contributed by atoms with Gasteiger partial charge in [-0.3, -0.25) is 9.52 Å². The number of anilines is 2. The zero-order valence-electron chi connectivity index (χ0n) is 19.3. The number of methoxy groups -OCH3 is 2. The summed E-state index contributed by atoms with van der Waals surface area (Å²) in [4.78, 5) is 12.4. The van der Waals surface area contributed by atoms with Crippen LogP contribution in [0.15, 0.2) is 65.6 Å². The molecule has 2 N–H and O–H groups in total. The largest absolute Gasteiger partial charge is 0.495 e. The van der Waals surface area contributed by atoms with Crippen LogP contribution in [-0.2, 0) is 14.8 Å². The van der Waals surface area contributed by atoms with Crippen LogP contribution in [0.1, 0.15) is 6.92 Å². The standard InChI is InChI=1S/C24H25ClN2O7S/c1-4-33-17-7-5-16(6-8-17)27-35(29,30)19-11-9-18(10-12-19)34-15-24(28)26-21-14-22(31-2)20(25)13-23(21)32-3/h5-14,27H,4,15H2,1-3H3,(H,26,28). The molecular formula is C24H25ClN2O7S. The molecule has 3 rings (SSSR count). The first-order valence-corrected chi connectivity index (χ1v) is 12.3. The van der Waals surface area contributed by atoms with Crippen LogP contribution in [0.25, 0.3) is 0 Å². The maximum atomic E-state index is 12.7. The first-order chi connectivity index (χ1) is 16.7. The molecule has 0 aliphatic rings. The lowest BCUT2D eigenvalue weighted by atomic mass is 10.2. The van der Waals surface area contributed by atoms with Crippen molar-refractivity contribution in [2.24, 2.45) is 0 Å². The average molecular weight is 521 g/mol. The Morgan fingerprint density at radius 3 is 2.09 bits per heavy atom. The molecule has 0 aliphatic carbocycles. The van der Waals surface area contributed by atoms with Gasteiger partial charge in [-0.05, 0) is 55.5 Å². The minimum absolute atomic E-state index is 0.0428. The van der Waals surface area contributed by atoms with E-state index in [0.29, 0.717) is 46.0 Å². The number of sulfonamides is 1. The molecule has 0 saturated carbocycles. The normalized spacial score (nSPS) is 10.9. The number of halogens is 1. The topological polar surface area (TPSA) is 112 Å². The van der Waals surface area contributed by atoms with Gasteiger partial charge in [-0.1, -0.05) is 11.6 Å². The number of amides is 1. The highest BCUT2D eigenvalue weighted by molar-refractivity contribution is 7.92. The second-order valence-electron chi connectivity index (χ2n) is 7.06. The number of nitrogens with one attached hydrogen (secondary N) is 2. The van der Waals surface area contributed by atoms with Crippen molar-refractivity contribution in [2.75, 3.05) is 37.5 Å². The van der Waals surface area contributed by atoms with E-state index in [9.17, 15) is 13.2 Å². The Morgan fingerprint density at radius 2 is 1.49 bits per heavy atom. The second-order valence-corrected chi connectivity index (χ2v) is 9.15. The van der Waals surface area contributed by atoms with Crippen molar-refractivity contribution >= 4 is 38.9 Å². The number of benzene rings is 3. The van der Waals surface area contributed by atoms with E-state index >= 15 is 0 Å². The van der Waals surface area contributed by atoms with Crippen LogP contribution in [0.3, 0.4) is 0 Å². The molecule has 0 spiro atoms. The fourth-order valence-electron chi connectivity index (χ4n) is 3.01. The molecule has 0 aliphatic heterocycles. The van der Waals surface area contributed by atoms with Gasteiger partial charge in [-0.2, -0.15) is 0 Å². The van der Waals surface area contributed by atoms with Crippen molar-refractivity contribution in [1.29, 1.82) is 0 Å². The van der Waals surface area contributed by atoms with Crippen molar-refractivity contribution < 1.29 is 32.2 Å². The molecule has 0 fully saturated rings. The fraction of sp³-hybridized carbons (Fsp3) is 0.208. The van der Waals surface area contributed by atoms with Crippen LogP contribution in [0, 0.1) is 0 Å². The molecule has 0 unspecified atom stereocenters. The Balaban J connectivity index is 1.59. The molecule has 0 bridgehead atoms. The molecule has 0 atom stereocenters. The van der Waals surface area contributed by atoms with Gasteiger partial charge in [0.1, 0.15) is 23.0 Å². The molecule has 9 nitrogen and oxygen atoms in total. The van der Waals surface area contributed by atoms with Crippen molar-refractivity contribution in [3.05, 3.63) is 65.7 Å². The van der Waals surface area contributed by atoms with Crippen LogP contribution in [0.4, 0.5) is 11.4 Å². The maximum absolute atomic E-state index is 12.7. The number of carbonyl (C=O) groups is 1. The summed E-state index contributed by atoms with van der Waals surface area (Å²) in [5.41, 5.74) is 0.767. The molecule has 186 valence electrons. The SMILES string of the molecule is CCOc1ccc(NS(=O)(=O)c2ccc(OCC(=O)Nc3cc(OC)c(Cl)cc3OC)cc2)cc1. The van der Waals surface area contributed by atoms with E-state index in [1.807, 2.05) is 6.92 Å². The Labute approximate surface area is 209 Å². The van der Waals surface area contributed by atoms with E-state index in [0.717, 1.165) is 0 Å². The van der Waals surface area contributed by atoms with Gasteiger partial charge in [-0.15, -0.1) is 0 Å². The summed E-state index contributed by atoms with van der Waals surface area (Å²) in [6.07, 6.45) is 0. The van der Waals surface area contributed by atoms with E-state index in [1.165, 1.54) is 50.6 Å². The van der Waals surface area contributed by atoms with Crippen molar-refractivity contribution in [3.8, 4) is 23.0 Å². The first-order valence-electron chi connectivity index (χ1n) is 10.5. The molecule has 0 radical (unpaired) electrons. The monoisotopic (exact) mass is 520 g/mol. The van der Waals surface area contributed by atoms with Gasteiger partial charge in [0.25, 0.3) is 15.9 Å². The highest BCUT2D eigenvalue weighted by atomic mass is 35.5. The number of hydrogen-bond acceptors (Lipinski definition) is 7. The summed E-state index contributed by atoms with van der Waals surface area (Å²) in [6, 6.07) is 15.4. The number of rotatable bonds is 11. The van der Waals surface area contributed by atoms with Crippen molar-refractivity contribution in [2.45, 2.75) is 11.8 Å². The van der Waals surface area contributed by atoms with Crippen LogP contribution >= 0.6 is 11.6 Å². The Hall–Kier alpha value is -3.63. The highest BCUT2D eigenvalue weighted by Gasteiger charge is 2.16. The van der Waals surface area contributed by atoms with Crippen LogP contribution in [0.2, 0.25) is 5.02 Å². The third-order valence-corrected chi connectivity index (χ3v) is 6.36. The molecule has 11 heteroatoms. The van der Waals surface area contributed by atoms with Crippen molar-refractivity contribution in [1.82, 2.24) is 0 Å². The molecular weight excluding hydrogens is 496 g/mol. The average Bonchev–Trinajstić information content (AvgIpc) is 2.85. The van der Waals surface area contributed by atoms with E-state index in [2.05, 4.69) is 10.0 Å². The van der Waals surface area contributed by atoms with Gasteiger partial charge in [0.15, 0.2) is 6.61 Å². The quantitative estimate of drug-likeness (QED) is 0.380. The van der Waals surface area contributed by atoms with E-state index < -0.39 is 15.9 Å². The summed E-state index contributed by atoms with van der Waals surface area (Å²) in [5, 5.41) is 3.00. The summed E-state index contributed by atoms with van der Waals surface area (Å²) in [5.74, 6) is 1.25. The smallest absolute Gasteiger partial charge is 0.262 e. The minimum Gasteiger partial charge on any atom is -0.495 e. The van der Waals surface area contributed by atoms with Gasteiger partial charge in [0, 0.05) is 17.8 Å².